The molecule has 1 unspecified atom stereocenters. The van der Waals surface area contributed by atoms with E-state index in [1.807, 2.05) is 49.4 Å². The van der Waals surface area contributed by atoms with Crippen LogP contribution in [0.3, 0.4) is 0 Å². The molecule has 1 fully saturated rings. The number of carbonyl (C=O) groups is 2. The lowest BCUT2D eigenvalue weighted by molar-refractivity contribution is -0.143. The van der Waals surface area contributed by atoms with Crippen LogP contribution in [0.25, 0.3) is 0 Å². The third-order valence-corrected chi connectivity index (χ3v) is 9.04. The number of amides is 2. The average molecular weight is 610 g/mol. The van der Waals surface area contributed by atoms with Crippen LogP contribution in [0, 0.1) is 0 Å². The van der Waals surface area contributed by atoms with Gasteiger partial charge in [0, 0.05) is 26.2 Å². The van der Waals surface area contributed by atoms with Crippen molar-refractivity contribution in [2.45, 2.75) is 37.2 Å². The van der Waals surface area contributed by atoms with E-state index in [0.29, 0.717) is 49.9 Å². The summed E-state index contributed by atoms with van der Waals surface area (Å²) in [4.78, 5) is 29.0. The van der Waals surface area contributed by atoms with Crippen LogP contribution in [0.1, 0.15) is 36.9 Å². The number of methoxy groups -OCH3 is 1. The fraction of sp³-hybridized carbons (Fsp3) is 0.375. The smallest absolute Gasteiger partial charge is 0.261 e. The Morgan fingerprint density at radius 3 is 2.23 bits per heavy atom. The molecule has 1 atom stereocenters. The first kappa shape index (κ1) is 32.0. The van der Waals surface area contributed by atoms with Gasteiger partial charge >= 0.3 is 0 Å². The van der Waals surface area contributed by atoms with Gasteiger partial charge in [-0.1, -0.05) is 55.8 Å². The van der Waals surface area contributed by atoms with Gasteiger partial charge in [-0.15, -0.1) is 0 Å². The van der Waals surface area contributed by atoms with Crippen molar-refractivity contribution in [1.82, 2.24) is 14.5 Å². The molecule has 0 aliphatic carbocycles. The highest BCUT2D eigenvalue weighted by Crippen LogP contribution is 2.26. The van der Waals surface area contributed by atoms with Crippen molar-refractivity contribution in [3.8, 4) is 11.5 Å². The highest BCUT2D eigenvalue weighted by atomic mass is 32.2. The zero-order valence-corrected chi connectivity index (χ0v) is 25.4. The van der Waals surface area contributed by atoms with E-state index in [2.05, 4.69) is 5.32 Å². The van der Waals surface area contributed by atoms with Crippen molar-refractivity contribution >= 4 is 21.8 Å². The summed E-state index contributed by atoms with van der Waals surface area (Å²) < 4.78 is 43.7. The summed E-state index contributed by atoms with van der Waals surface area (Å²) >= 11 is 0. The molecule has 0 radical (unpaired) electrons. The largest absolute Gasteiger partial charge is 0.497 e. The van der Waals surface area contributed by atoms with Gasteiger partial charge < -0.3 is 24.4 Å². The number of sulfonamides is 1. The number of nitrogens with one attached hydrogen (secondary N) is 1. The molecule has 11 heteroatoms. The quantitative estimate of drug-likeness (QED) is 0.277. The van der Waals surface area contributed by atoms with Crippen LogP contribution < -0.4 is 14.8 Å². The molecule has 1 aliphatic heterocycles. The number of rotatable bonds is 14. The number of unbranched alkanes of at least 4 members (excludes halogenated alkanes) is 1. The minimum absolute atomic E-state index is 0.141. The van der Waals surface area contributed by atoms with Crippen molar-refractivity contribution in [3.05, 3.63) is 90.0 Å². The lowest BCUT2D eigenvalue weighted by Crippen LogP contribution is -2.45. The summed E-state index contributed by atoms with van der Waals surface area (Å²) in [6, 6.07) is 21.6. The Bertz CT molecular complexity index is 1430. The summed E-state index contributed by atoms with van der Waals surface area (Å²) in [6.07, 6.45) is 1.74. The Hall–Kier alpha value is -3.93. The van der Waals surface area contributed by atoms with E-state index < -0.39 is 22.0 Å². The molecule has 0 saturated carbocycles. The second kappa shape index (κ2) is 15.5. The normalized spacial score (nSPS) is 14.5. The predicted molar refractivity (Wildman–Crippen MR) is 162 cm³/mol. The first-order valence-electron chi connectivity index (χ1n) is 14.4. The fourth-order valence-corrected chi connectivity index (χ4v) is 6.12. The van der Waals surface area contributed by atoms with Gasteiger partial charge in [0.05, 0.1) is 25.2 Å². The van der Waals surface area contributed by atoms with E-state index in [9.17, 15) is 18.0 Å². The van der Waals surface area contributed by atoms with E-state index in [1.165, 1.54) is 33.5 Å². The first-order valence-corrected chi connectivity index (χ1v) is 15.8. The summed E-state index contributed by atoms with van der Waals surface area (Å²) in [5, 5.41) is 2.98. The van der Waals surface area contributed by atoms with Crippen LogP contribution >= 0.6 is 0 Å². The monoisotopic (exact) mass is 609 g/mol. The Morgan fingerprint density at radius 2 is 1.60 bits per heavy atom. The molecular weight excluding hydrogens is 570 g/mol. The Balaban J connectivity index is 1.55. The molecular formula is C32H39N3O7S. The third-order valence-electron chi connectivity index (χ3n) is 7.13. The van der Waals surface area contributed by atoms with Crippen LogP contribution in [-0.4, -0.2) is 76.0 Å². The Labute approximate surface area is 253 Å². The molecule has 0 bridgehead atoms. The highest BCUT2D eigenvalue weighted by Gasteiger charge is 2.32. The molecule has 1 saturated heterocycles. The van der Waals surface area contributed by atoms with E-state index in [0.717, 1.165) is 18.4 Å². The van der Waals surface area contributed by atoms with Gasteiger partial charge in [-0.25, -0.2) is 8.42 Å². The summed E-state index contributed by atoms with van der Waals surface area (Å²) in [5.41, 5.74) is 1.49. The van der Waals surface area contributed by atoms with Crippen molar-refractivity contribution in [2.75, 3.05) is 46.6 Å². The number of nitrogens with zero attached hydrogens (tertiary/aromatic N) is 2. The second-order valence-corrected chi connectivity index (χ2v) is 12.0. The minimum atomic E-state index is -3.66. The number of carbonyl (C=O) groups excluding carboxylic acids is 2. The lowest BCUT2D eigenvalue weighted by atomic mass is 10.0. The maximum absolute atomic E-state index is 13.8. The molecule has 43 heavy (non-hydrogen) atoms. The molecule has 0 spiro atoms. The number of hydrogen-bond acceptors (Lipinski definition) is 7. The fourth-order valence-electron chi connectivity index (χ4n) is 4.72. The van der Waals surface area contributed by atoms with E-state index in [4.69, 9.17) is 14.2 Å². The molecule has 1 N–H and O–H groups in total. The summed E-state index contributed by atoms with van der Waals surface area (Å²) in [6.45, 7) is 3.66. The Kier molecular flexibility index (Phi) is 11.5. The average Bonchev–Trinajstić information content (AvgIpc) is 3.05. The van der Waals surface area contributed by atoms with Gasteiger partial charge in [-0.05, 0) is 53.9 Å². The van der Waals surface area contributed by atoms with Gasteiger partial charge in [-0.2, -0.15) is 4.31 Å². The molecule has 4 rings (SSSR count). The van der Waals surface area contributed by atoms with Crippen molar-refractivity contribution < 1.29 is 32.2 Å². The van der Waals surface area contributed by atoms with Crippen LogP contribution in [0.15, 0.2) is 83.8 Å². The molecule has 230 valence electrons. The predicted octanol–water partition coefficient (Wildman–Crippen LogP) is 3.78. The maximum atomic E-state index is 13.8. The van der Waals surface area contributed by atoms with E-state index in [1.54, 1.807) is 19.2 Å². The number of ether oxygens (including phenoxy) is 3. The van der Waals surface area contributed by atoms with Crippen LogP contribution in [-0.2, 0) is 30.9 Å². The number of morpholine rings is 1. The molecule has 2 amide bonds. The van der Waals surface area contributed by atoms with Crippen LogP contribution in [0.4, 0.5) is 0 Å². The number of hydrogen-bond donors (Lipinski definition) is 1. The standard InChI is InChI=1S/C32H39N3O7S/c1-3-4-18-33-32(37)31(26-8-6-5-7-9-26)35(23-25-10-12-27(40-2)13-11-25)30(36)24-42-28-14-16-29(17-15-28)43(38,39)34-19-21-41-22-20-34/h5-17,31H,3-4,18-24H2,1-2H3,(H,33,37). The summed E-state index contributed by atoms with van der Waals surface area (Å²) in [5.74, 6) is 0.336. The zero-order chi connectivity index (χ0) is 30.7. The topological polar surface area (TPSA) is 114 Å². The SMILES string of the molecule is CCCCNC(=O)C(c1ccccc1)N(Cc1ccc(OC)cc1)C(=O)COc1ccc(S(=O)(=O)N2CCOCC2)cc1. The molecule has 1 aliphatic rings. The van der Waals surface area contributed by atoms with Crippen molar-refractivity contribution in [2.24, 2.45) is 0 Å². The van der Waals surface area contributed by atoms with Crippen molar-refractivity contribution in [3.63, 3.8) is 0 Å². The van der Waals surface area contributed by atoms with Crippen molar-refractivity contribution in [1.29, 1.82) is 0 Å². The molecule has 3 aromatic rings. The molecule has 10 nitrogen and oxygen atoms in total. The van der Waals surface area contributed by atoms with Gasteiger partial charge in [0.25, 0.3) is 5.91 Å². The van der Waals surface area contributed by atoms with Crippen LogP contribution in [0.2, 0.25) is 0 Å². The summed E-state index contributed by atoms with van der Waals surface area (Å²) in [7, 11) is -2.07. The lowest BCUT2D eigenvalue weighted by Gasteiger charge is -2.31. The highest BCUT2D eigenvalue weighted by molar-refractivity contribution is 7.89. The van der Waals surface area contributed by atoms with E-state index in [-0.39, 0.29) is 24.0 Å². The first-order chi connectivity index (χ1) is 20.8. The minimum Gasteiger partial charge on any atom is -0.497 e. The third kappa shape index (κ3) is 8.56. The van der Waals surface area contributed by atoms with Gasteiger partial charge in [0.2, 0.25) is 15.9 Å². The second-order valence-electron chi connectivity index (χ2n) is 10.1. The van der Waals surface area contributed by atoms with E-state index >= 15 is 0 Å². The van der Waals surface area contributed by atoms with Gasteiger partial charge in [-0.3, -0.25) is 9.59 Å². The number of benzene rings is 3. The zero-order valence-electron chi connectivity index (χ0n) is 24.6. The molecule has 1 heterocycles. The van der Waals surface area contributed by atoms with Crippen LogP contribution in [0.5, 0.6) is 11.5 Å². The Morgan fingerprint density at radius 1 is 0.953 bits per heavy atom. The maximum Gasteiger partial charge on any atom is 0.261 e. The molecule has 0 aromatic heterocycles. The van der Waals surface area contributed by atoms with Gasteiger partial charge in [0.1, 0.15) is 17.5 Å². The van der Waals surface area contributed by atoms with Gasteiger partial charge in [0.15, 0.2) is 6.61 Å². The molecule has 3 aromatic carbocycles.